The minimum atomic E-state index is 0.541. The summed E-state index contributed by atoms with van der Waals surface area (Å²) in [7, 11) is 0. The minimum absolute atomic E-state index is 0.541. The number of hydrogen-bond acceptors (Lipinski definition) is 0. The molecule has 0 fully saturated rings. The van der Waals surface area contributed by atoms with E-state index in [4.69, 9.17) is 0 Å². The van der Waals surface area contributed by atoms with Gasteiger partial charge in [-0.25, -0.2) is 0 Å². The third-order valence-electron chi connectivity index (χ3n) is 6.34. The number of allylic oxidation sites excluding steroid dienone is 12. The van der Waals surface area contributed by atoms with Gasteiger partial charge in [-0.2, -0.15) is 0 Å². The molecule has 4 aliphatic carbocycles. The van der Waals surface area contributed by atoms with Gasteiger partial charge in [-0.05, 0) is 33.0 Å². The van der Waals surface area contributed by atoms with E-state index >= 15 is 0 Å². The molecule has 0 amide bonds. The Bertz CT molecular complexity index is 1020. The van der Waals surface area contributed by atoms with Crippen LogP contribution in [-0.4, -0.2) is 0 Å². The molecule has 0 bridgehead atoms. The van der Waals surface area contributed by atoms with Crippen molar-refractivity contribution in [2.24, 2.45) is 23.7 Å². The lowest BCUT2D eigenvalue weighted by Gasteiger charge is -2.37. The highest BCUT2D eigenvalue weighted by Gasteiger charge is 2.34. The van der Waals surface area contributed by atoms with Crippen LogP contribution in [0.15, 0.2) is 97.2 Å². The fourth-order valence-electron chi connectivity index (χ4n) is 4.95. The quantitative estimate of drug-likeness (QED) is 0.601. The Morgan fingerprint density at radius 2 is 1.04 bits per heavy atom. The molecule has 0 unspecified atom stereocenters. The van der Waals surface area contributed by atoms with Crippen LogP contribution in [0.2, 0.25) is 0 Å². The smallest absolute Gasteiger partial charge is 0.0122 e. The molecule has 0 aromatic heterocycles. The van der Waals surface area contributed by atoms with Gasteiger partial charge in [-0.1, -0.05) is 97.2 Å². The van der Waals surface area contributed by atoms with Crippen molar-refractivity contribution in [2.45, 2.75) is 0 Å². The van der Waals surface area contributed by atoms with Crippen LogP contribution < -0.4 is 0 Å². The van der Waals surface area contributed by atoms with Gasteiger partial charge in [0, 0.05) is 23.7 Å². The topological polar surface area (TPSA) is 0 Å². The van der Waals surface area contributed by atoms with Gasteiger partial charge in [0.05, 0.1) is 0 Å². The summed E-state index contributed by atoms with van der Waals surface area (Å²) in [6.45, 7) is 0. The molecule has 0 radical (unpaired) electrons. The van der Waals surface area contributed by atoms with Crippen LogP contribution >= 0.6 is 0 Å². The molecule has 2 aromatic carbocycles. The molecule has 0 saturated heterocycles. The van der Waals surface area contributed by atoms with Gasteiger partial charge in [0.2, 0.25) is 0 Å². The molecule has 0 saturated carbocycles. The summed E-state index contributed by atoms with van der Waals surface area (Å²) >= 11 is 0. The van der Waals surface area contributed by atoms with E-state index in [1.165, 1.54) is 33.0 Å². The van der Waals surface area contributed by atoms with Crippen LogP contribution in [0.1, 0.15) is 11.1 Å². The summed E-state index contributed by atoms with van der Waals surface area (Å²) in [5.41, 5.74) is 5.81. The Morgan fingerprint density at radius 3 is 1.54 bits per heavy atom. The van der Waals surface area contributed by atoms with E-state index in [0.29, 0.717) is 23.7 Å². The van der Waals surface area contributed by atoms with E-state index < -0.39 is 0 Å². The lowest BCUT2D eigenvalue weighted by atomic mass is 9.67. The molecule has 0 spiro atoms. The number of fused-ring (bicyclic) bond motifs is 3. The standard InChI is InChI=1S/C26H20/c1-3-11-20-18(7-1)15-24(20)22-13-5-9-17-10-6-14-23(26(17)22)25-16-19-8-2-4-12-21(19)25/h1-16,18-21H/t18-,19-,20-,21+/m1/s1. The maximum absolute atomic E-state index is 2.44. The summed E-state index contributed by atoms with van der Waals surface area (Å²) in [5, 5.41) is 2.77. The lowest BCUT2D eigenvalue weighted by molar-refractivity contribution is 0.626. The van der Waals surface area contributed by atoms with Crippen LogP contribution in [0.4, 0.5) is 0 Å². The molecule has 0 heteroatoms. The summed E-state index contributed by atoms with van der Waals surface area (Å²) in [5.74, 6) is 2.24. The van der Waals surface area contributed by atoms with Crippen molar-refractivity contribution in [2.75, 3.05) is 0 Å². The second-order valence-electron chi connectivity index (χ2n) is 7.70. The Kier molecular flexibility index (Phi) is 2.93. The predicted molar refractivity (Wildman–Crippen MR) is 110 cm³/mol. The maximum Gasteiger partial charge on any atom is 0.0122 e. The first-order valence-corrected chi connectivity index (χ1v) is 9.56. The van der Waals surface area contributed by atoms with Gasteiger partial charge >= 0.3 is 0 Å². The van der Waals surface area contributed by atoms with Crippen molar-refractivity contribution in [1.29, 1.82) is 0 Å². The number of hydrogen-bond donors (Lipinski definition) is 0. The minimum Gasteiger partial charge on any atom is -0.0767 e. The van der Waals surface area contributed by atoms with Crippen LogP contribution in [0, 0.1) is 23.7 Å². The third kappa shape index (κ3) is 1.90. The van der Waals surface area contributed by atoms with E-state index in [-0.39, 0.29) is 0 Å². The fraction of sp³-hybridized carbons (Fsp3) is 0.154. The molecular weight excluding hydrogens is 312 g/mol. The number of rotatable bonds is 2. The molecule has 0 aliphatic heterocycles. The molecule has 0 heterocycles. The third-order valence-corrected chi connectivity index (χ3v) is 6.34. The van der Waals surface area contributed by atoms with Gasteiger partial charge in [-0.3, -0.25) is 0 Å². The summed E-state index contributed by atoms with van der Waals surface area (Å²) in [6.07, 6.45) is 23.0. The second-order valence-corrected chi connectivity index (χ2v) is 7.70. The highest BCUT2D eigenvalue weighted by Crippen LogP contribution is 2.49. The molecule has 4 atom stereocenters. The van der Waals surface area contributed by atoms with E-state index in [0.717, 1.165) is 0 Å². The van der Waals surface area contributed by atoms with Crippen molar-refractivity contribution in [3.63, 3.8) is 0 Å². The lowest BCUT2D eigenvalue weighted by Crippen LogP contribution is -2.23. The average Bonchev–Trinajstić information content (AvgIpc) is 2.64. The summed E-state index contributed by atoms with van der Waals surface area (Å²) in [4.78, 5) is 0. The highest BCUT2D eigenvalue weighted by molar-refractivity contribution is 6.04. The van der Waals surface area contributed by atoms with Crippen LogP contribution in [0.25, 0.3) is 21.9 Å². The van der Waals surface area contributed by atoms with Crippen LogP contribution in [0.3, 0.4) is 0 Å². The molecule has 2 aromatic rings. The van der Waals surface area contributed by atoms with Crippen LogP contribution in [0.5, 0.6) is 0 Å². The normalized spacial score (nSPS) is 30.2. The Morgan fingerprint density at radius 1 is 0.538 bits per heavy atom. The summed E-state index contributed by atoms with van der Waals surface area (Å²) < 4.78 is 0. The number of benzene rings is 2. The molecule has 4 aliphatic rings. The summed E-state index contributed by atoms with van der Waals surface area (Å²) in [6, 6.07) is 13.5. The van der Waals surface area contributed by atoms with Crippen molar-refractivity contribution in [1.82, 2.24) is 0 Å². The predicted octanol–water partition coefficient (Wildman–Crippen LogP) is 6.35. The van der Waals surface area contributed by atoms with Crippen molar-refractivity contribution in [3.05, 3.63) is 108 Å². The zero-order valence-electron chi connectivity index (χ0n) is 14.5. The van der Waals surface area contributed by atoms with E-state index in [1.54, 1.807) is 0 Å². The van der Waals surface area contributed by atoms with E-state index in [1.807, 2.05) is 0 Å². The Labute approximate surface area is 154 Å². The Balaban J connectivity index is 1.54. The van der Waals surface area contributed by atoms with Gasteiger partial charge in [0.15, 0.2) is 0 Å². The van der Waals surface area contributed by atoms with Gasteiger partial charge < -0.3 is 0 Å². The highest BCUT2D eigenvalue weighted by atomic mass is 14.4. The largest absolute Gasteiger partial charge is 0.0767 e. The van der Waals surface area contributed by atoms with E-state index in [9.17, 15) is 0 Å². The van der Waals surface area contributed by atoms with Crippen molar-refractivity contribution in [3.8, 4) is 0 Å². The van der Waals surface area contributed by atoms with E-state index in [2.05, 4.69) is 97.2 Å². The average molecular weight is 332 g/mol. The molecule has 0 nitrogen and oxygen atoms in total. The molecule has 26 heavy (non-hydrogen) atoms. The molecular formula is C26H20. The second kappa shape index (κ2) is 5.32. The first kappa shape index (κ1) is 14.3. The SMILES string of the molecule is C1=C[C@@H]2C=C(c3cccc4cccc(C5=C[C@H]6C=CC=C[C@@H]56)c34)[C@H]2C=C1. The first-order chi connectivity index (χ1) is 12.9. The Hall–Kier alpha value is -2.86. The van der Waals surface area contributed by atoms with Gasteiger partial charge in [0.25, 0.3) is 0 Å². The fourth-order valence-corrected chi connectivity index (χ4v) is 4.95. The zero-order chi connectivity index (χ0) is 17.1. The van der Waals surface area contributed by atoms with Crippen LogP contribution in [-0.2, 0) is 0 Å². The maximum atomic E-state index is 2.44. The van der Waals surface area contributed by atoms with Gasteiger partial charge in [-0.15, -0.1) is 0 Å². The monoisotopic (exact) mass is 332 g/mol. The van der Waals surface area contributed by atoms with Gasteiger partial charge in [0.1, 0.15) is 0 Å². The zero-order valence-corrected chi connectivity index (χ0v) is 14.5. The van der Waals surface area contributed by atoms with Crippen molar-refractivity contribution >= 4 is 21.9 Å². The van der Waals surface area contributed by atoms with Crippen molar-refractivity contribution < 1.29 is 0 Å². The molecule has 6 rings (SSSR count). The molecule has 0 N–H and O–H groups in total. The first-order valence-electron chi connectivity index (χ1n) is 9.56. The molecule has 124 valence electrons.